The summed E-state index contributed by atoms with van der Waals surface area (Å²) >= 11 is 0. The minimum Gasteiger partial charge on any atom is -0.396 e. The number of nitrogens with two attached hydrogens (primary N) is 1. The number of nitrogens with one attached hydrogen (secondary N) is 1. The molecule has 1 saturated carbocycles. The summed E-state index contributed by atoms with van der Waals surface area (Å²) in [5, 5.41) is 11.6. The second-order valence-corrected chi connectivity index (χ2v) is 8.17. The van der Waals surface area contributed by atoms with Gasteiger partial charge in [0.1, 0.15) is 0 Å². The summed E-state index contributed by atoms with van der Waals surface area (Å²) in [7, 11) is 0. The van der Waals surface area contributed by atoms with E-state index in [4.69, 9.17) is 5.73 Å². The number of piperidine rings is 1. The summed E-state index contributed by atoms with van der Waals surface area (Å²) < 4.78 is 0. The Morgan fingerprint density at radius 1 is 1.17 bits per heavy atom. The third kappa shape index (κ3) is 3.89. The van der Waals surface area contributed by atoms with Gasteiger partial charge in [0, 0.05) is 37.4 Å². The molecule has 7 heteroatoms. The van der Waals surface area contributed by atoms with Crippen molar-refractivity contribution in [1.82, 2.24) is 5.01 Å². The van der Waals surface area contributed by atoms with Gasteiger partial charge in [-0.15, -0.1) is 0 Å². The second kappa shape index (κ2) is 8.55. The lowest BCUT2D eigenvalue weighted by atomic mass is 9.88. The van der Waals surface area contributed by atoms with Crippen LogP contribution in [0.5, 0.6) is 0 Å². The maximum Gasteiger partial charge on any atom is 0.254 e. The van der Waals surface area contributed by atoms with Crippen LogP contribution >= 0.6 is 0 Å². The highest BCUT2D eigenvalue weighted by Crippen LogP contribution is 2.41. The molecule has 2 aliphatic heterocycles. The molecule has 156 valence electrons. The Bertz CT molecular complexity index is 829. The lowest BCUT2D eigenvalue weighted by Crippen LogP contribution is -2.38. The number of benzene rings is 1. The Morgan fingerprint density at radius 3 is 2.69 bits per heavy atom. The quantitative estimate of drug-likeness (QED) is 0.684. The maximum atomic E-state index is 13.2. The third-order valence-electron chi connectivity index (χ3n) is 6.30. The van der Waals surface area contributed by atoms with E-state index in [0.29, 0.717) is 17.7 Å². The highest BCUT2D eigenvalue weighted by atomic mass is 16.3. The number of hydrazine groups is 1. The zero-order valence-electron chi connectivity index (χ0n) is 16.8. The summed E-state index contributed by atoms with van der Waals surface area (Å²) in [4.78, 5) is 27.0. The number of amides is 2. The number of nitrogens with zero attached hydrogens (tertiary/aromatic N) is 2. The fourth-order valence-corrected chi connectivity index (χ4v) is 4.90. The van der Waals surface area contributed by atoms with Crippen LogP contribution in [-0.2, 0) is 4.79 Å². The van der Waals surface area contributed by atoms with E-state index in [1.54, 1.807) is 6.07 Å². The van der Waals surface area contributed by atoms with Gasteiger partial charge in [-0.25, -0.2) is 5.01 Å². The van der Waals surface area contributed by atoms with Gasteiger partial charge in [0.05, 0.1) is 17.3 Å². The van der Waals surface area contributed by atoms with Crippen LogP contribution in [-0.4, -0.2) is 47.7 Å². The average Bonchev–Trinajstić information content (AvgIpc) is 3.00. The van der Waals surface area contributed by atoms with E-state index in [9.17, 15) is 14.7 Å². The number of primary amides is 1. The molecular weight excluding hydrogens is 368 g/mol. The van der Waals surface area contributed by atoms with E-state index >= 15 is 0 Å². The zero-order valence-corrected chi connectivity index (χ0v) is 16.8. The van der Waals surface area contributed by atoms with Gasteiger partial charge < -0.3 is 21.2 Å². The van der Waals surface area contributed by atoms with Gasteiger partial charge in [0.15, 0.2) is 0 Å². The molecule has 2 amide bonds. The molecular formula is C22H30N4O3. The van der Waals surface area contributed by atoms with Gasteiger partial charge in [0.25, 0.3) is 11.8 Å². The minimum absolute atomic E-state index is 0.0169. The Labute approximate surface area is 171 Å². The number of aliphatic hydroxyl groups is 1. The molecule has 0 aromatic heterocycles. The molecule has 1 atom stereocenters. The first-order chi connectivity index (χ1) is 14.1. The number of carbonyl (C=O) groups excluding carboxylic acids is 2. The van der Waals surface area contributed by atoms with Crippen LogP contribution in [0.1, 0.15) is 61.7 Å². The predicted octanol–water partition coefficient (Wildman–Crippen LogP) is 2.57. The SMILES string of the molecule is NC(=O)c1ccc(N2C(=O)C(CCO)=C3CCCCC32)cc1NN1CCCCC1. The number of aliphatic hydroxyl groups excluding tert-OH is 1. The van der Waals surface area contributed by atoms with Crippen molar-refractivity contribution < 1.29 is 14.7 Å². The fraction of sp³-hybridized carbons (Fsp3) is 0.545. The van der Waals surface area contributed by atoms with Crippen LogP contribution in [0.25, 0.3) is 0 Å². The van der Waals surface area contributed by atoms with E-state index in [0.717, 1.165) is 62.9 Å². The number of rotatable bonds is 6. The standard InChI is InChI=1S/C22H30N4O3/c23-21(28)18-9-8-15(14-19(18)24-25-11-4-1-5-12-25)26-20-7-3-2-6-16(20)17(10-13-27)22(26)29/h8-9,14,20,24,27H,1-7,10-13H2,(H2,23,28). The molecule has 1 aliphatic carbocycles. The largest absolute Gasteiger partial charge is 0.396 e. The smallest absolute Gasteiger partial charge is 0.254 e. The topological polar surface area (TPSA) is 98.9 Å². The molecule has 1 saturated heterocycles. The lowest BCUT2D eigenvalue weighted by Gasteiger charge is -2.32. The van der Waals surface area contributed by atoms with Gasteiger partial charge in [0.2, 0.25) is 0 Å². The molecule has 0 spiro atoms. The monoisotopic (exact) mass is 398 g/mol. The van der Waals surface area contributed by atoms with E-state index in [1.807, 2.05) is 17.0 Å². The Hall–Kier alpha value is -2.38. The molecule has 4 rings (SSSR count). The molecule has 7 nitrogen and oxygen atoms in total. The van der Waals surface area contributed by atoms with E-state index in [2.05, 4.69) is 10.4 Å². The number of hydrogen-bond acceptors (Lipinski definition) is 5. The fourth-order valence-electron chi connectivity index (χ4n) is 4.90. The Balaban J connectivity index is 1.66. The molecule has 1 aromatic rings. The van der Waals surface area contributed by atoms with Crippen molar-refractivity contribution in [2.24, 2.45) is 5.73 Å². The number of anilines is 2. The normalized spacial score (nSPS) is 22.7. The molecule has 4 N–H and O–H groups in total. The van der Waals surface area contributed by atoms with Crippen molar-refractivity contribution in [3.05, 3.63) is 34.9 Å². The molecule has 0 radical (unpaired) electrons. The van der Waals surface area contributed by atoms with E-state index in [1.165, 1.54) is 12.0 Å². The first kappa shape index (κ1) is 19.9. The number of hydrogen-bond donors (Lipinski definition) is 3. The van der Waals surface area contributed by atoms with Gasteiger partial charge >= 0.3 is 0 Å². The summed E-state index contributed by atoms with van der Waals surface area (Å²) in [5.41, 5.74) is 12.8. The van der Waals surface area contributed by atoms with Crippen LogP contribution in [0.3, 0.4) is 0 Å². The van der Waals surface area contributed by atoms with Crippen LogP contribution in [0, 0.1) is 0 Å². The molecule has 2 heterocycles. The first-order valence-electron chi connectivity index (χ1n) is 10.7. The van der Waals surface area contributed by atoms with Gasteiger partial charge in [-0.1, -0.05) is 12.8 Å². The van der Waals surface area contributed by atoms with Crippen molar-refractivity contribution in [3.63, 3.8) is 0 Å². The molecule has 3 aliphatic rings. The maximum absolute atomic E-state index is 13.2. The molecule has 2 fully saturated rings. The van der Waals surface area contributed by atoms with Crippen LogP contribution in [0.4, 0.5) is 11.4 Å². The number of carbonyl (C=O) groups is 2. The Morgan fingerprint density at radius 2 is 1.97 bits per heavy atom. The van der Waals surface area contributed by atoms with Crippen molar-refractivity contribution in [2.45, 2.75) is 57.4 Å². The summed E-state index contributed by atoms with van der Waals surface area (Å²) in [6, 6.07) is 5.46. The van der Waals surface area contributed by atoms with Crippen LogP contribution in [0.2, 0.25) is 0 Å². The predicted molar refractivity (Wildman–Crippen MR) is 112 cm³/mol. The first-order valence-corrected chi connectivity index (χ1v) is 10.7. The van der Waals surface area contributed by atoms with Crippen molar-refractivity contribution in [3.8, 4) is 0 Å². The molecule has 1 unspecified atom stereocenters. The summed E-state index contributed by atoms with van der Waals surface area (Å²) in [6.45, 7) is 1.81. The highest BCUT2D eigenvalue weighted by molar-refractivity contribution is 6.11. The van der Waals surface area contributed by atoms with Crippen LogP contribution < -0.4 is 16.1 Å². The molecule has 29 heavy (non-hydrogen) atoms. The van der Waals surface area contributed by atoms with Gasteiger partial charge in [-0.2, -0.15) is 0 Å². The van der Waals surface area contributed by atoms with E-state index < -0.39 is 5.91 Å². The van der Waals surface area contributed by atoms with Crippen molar-refractivity contribution >= 4 is 23.2 Å². The van der Waals surface area contributed by atoms with Gasteiger partial charge in [-0.05, 0) is 55.9 Å². The highest BCUT2D eigenvalue weighted by Gasteiger charge is 2.40. The van der Waals surface area contributed by atoms with Crippen molar-refractivity contribution in [1.29, 1.82) is 0 Å². The van der Waals surface area contributed by atoms with Gasteiger partial charge in [-0.3, -0.25) is 9.59 Å². The van der Waals surface area contributed by atoms with Crippen LogP contribution in [0.15, 0.2) is 29.3 Å². The average molecular weight is 399 g/mol. The lowest BCUT2D eigenvalue weighted by molar-refractivity contribution is -0.115. The van der Waals surface area contributed by atoms with Crippen molar-refractivity contribution in [2.75, 3.05) is 30.0 Å². The summed E-state index contributed by atoms with van der Waals surface area (Å²) in [5.74, 6) is -0.502. The summed E-state index contributed by atoms with van der Waals surface area (Å²) in [6.07, 6.45) is 7.87. The minimum atomic E-state index is -0.485. The Kier molecular flexibility index (Phi) is 5.87. The second-order valence-electron chi connectivity index (χ2n) is 8.17. The molecule has 0 bridgehead atoms. The number of fused-ring (bicyclic) bond motifs is 1. The third-order valence-corrected chi connectivity index (χ3v) is 6.30. The molecule has 1 aromatic carbocycles. The zero-order chi connectivity index (χ0) is 20.4. The van der Waals surface area contributed by atoms with E-state index in [-0.39, 0.29) is 18.6 Å².